The quantitative estimate of drug-likeness (QED) is 0.783. The molecule has 16 heavy (non-hydrogen) atoms. The molecule has 4 nitrogen and oxygen atoms in total. The second-order valence-electron chi connectivity index (χ2n) is 4.38. The minimum Gasteiger partial charge on any atom is -0.449 e. The minimum atomic E-state index is 0.887. The van der Waals surface area contributed by atoms with Gasteiger partial charge in [0.2, 0.25) is 0 Å². The molecule has 0 atom stereocenters. The molecule has 1 aliphatic rings. The van der Waals surface area contributed by atoms with Crippen molar-refractivity contribution >= 4 is 0 Å². The molecule has 0 saturated carbocycles. The first kappa shape index (κ1) is 11.6. The summed E-state index contributed by atoms with van der Waals surface area (Å²) in [5, 5.41) is 3.11. The Hall–Kier alpha value is -0.870. The molecule has 1 N–H and O–H groups in total. The normalized spacial score (nSPS) is 17.1. The van der Waals surface area contributed by atoms with Crippen LogP contribution >= 0.6 is 0 Å². The van der Waals surface area contributed by atoms with Crippen molar-refractivity contribution in [2.75, 3.05) is 33.2 Å². The summed E-state index contributed by atoms with van der Waals surface area (Å²) in [5.41, 5.74) is 1.06. The number of oxazole rings is 1. The molecule has 1 aliphatic heterocycles. The van der Waals surface area contributed by atoms with E-state index in [9.17, 15) is 0 Å². The molecule has 1 aromatic heterocycles. The van der Waals surface area contributed by atoms with Gasteiger partial charge in [-0.3, -0.25) is 0 Å². The van der Waals surface area contributed by atoms with Crippen molar-refractivity contribution in [3.05, 3.63) is 17.8 Å². The van der Waals surface area contributed by atoms with Crippen LogP contribution in [0.3, 0.4) is 0 Å². The van der Waals surface area contributed by atoms with E-state index in [2.05, 4.69) is 15.2 Å². The fourth-order valence-electron chi connectivity index (χ4n) is 2.09. The lowest BCUT2D eigenvalue weighted by molar-refractivity contribution is 0.328. The highest BCUT2D eigenvalue weighted by molar-refractivity contribution is 4.97. The van der Waals surface area contributed by atoms with Gasteiger partial charge in [-0.05, 0) is 33.0 Å². The number of hydrogen-bond donors (Lipinski definition) is 1. The maximum Gasteiger partial charge on any atom is 0.195 e. The zero-order valence-corrected chi connectivity index (χ0v) is 10.0. The molecule has 0 radical (unpaired) electrons. The average Bonchev–Trinajstić information content (AvgIpc) is 2.95. The molecule has 4 heteroatoms. The number of aromatic nitrogens is 1. The van der Waals surface area contributed by atoms with Crippen molar-refractivity contribution in [2.24, 2.45) is 0 Å². The predicted octanol–water partition coefficient (Wildman–Crippen LogP) is 1.07. The Balaban J connectivity index is 1.73. The smallest absolute Gasteiger partial charge is 0.195 e. The first-order chi connectivity index (χ1) is 7.88. The fourth-order valence-corrected chi connectivity index (χ4v) is 2.09. The lowest BCUT2D eigenvalue weighted by Crippen LogP contribution is -2.22. The Labute approximate surface area is 97.0 Å². The van der Waals surface area contributed by atoms with Crippen molar-refractivity contribution in [2.45, 2.75) is 25.7 Å². The van der Waals surface area contributed by atoms with Crippen molar-refractivity contribution in [3.8, 4) is 0 Å². The second kappa shape index (κ2) is 6.01. The zero-order valence-electron chi connectivity index (χ0n) is 10.0. The number of nitrogens with zero attached hydrogens (tertiary/aromatic N) is 2. The molecule has 0 bridgehead atoms. The summed E-state index contributed by atoms with van der Waals surface area (Å²) in [4.78, 5) is 6.96. The zero-order chi connectivity index (χ0) is 11.2. The molecule has 0 aliphatic carbocycles. The number of likely N-dealkylation sites (tertiary alicyclic amines) is 1. The summed E-state index contributed by atoms with van der Waals surface area (Å²) in [5.74, 6) is 0.887. The molecule has 0 aromatic carbocycles. The van der Waals surface area contributed by atoms with Crippen molar-refractivity contribution in [1.29, 1.82) is 0 Å². The van der Waals surface area contributed by atoms with Crippen LogP contribution in [0.5, 0.6) is 0 Å². The van der Waals surface area contributed by atoms with E-state index in [1.807, 2.05) is 7.05 Å². The Morgan fingerprint density at radius 1 is 1.38 bits per heavy atom. The molecule has 1 fully saturated rings. The van der Waals surface area contributed by atoms with E-state index >= 15 is 0 Å². The molecule has 0 unspecified atom stereocenters. The van der Waals surface area contributed by atoms with Crippen LogP contribution in [0, 0.1) is 0 Å². The average molecular weight is 223 g/mol. The summed E-state index contributed by atoms with van der Waals surface area (Å²) in [6.45, 7) is 4.53. The monoisotopic (exact) mass is 223 g/mol. The van der Waals surface area contributed by atoms with Crippen LogP contribution in [0.2, 0.25) is 0 Å². The minimum absolute atomic E-state index is 0.887. The Morgan fingerprint density at radius 2 is 2.19 bits per heavy atom. The molecule has 0 spiro atoms. The van der Waals surface area contributed by atoms with Gasteiger partial charge in [-0.25, -0.2) is 4.98 Å². The predicted molar refractivity (Wildman–Crippen MR) is 63.5 cm³/mol. The molecule has 1 saturated heterocycles. The van der Waals surface area contributed by atoms with E-state index in [0.29, 0.717) is 0 Å². The van der Waals surface area contributed by atoms with Gasteiger partial charge >= 0.3 is 0 Å². The number of hydrogen-bond acceptors (Lipinski definition) is 4. The summed E-state index contributed by atoms with van der Waals surface area (Å²) < 4.78 is 5.46. The van der Waals surface area contributed by atoms with Crippen LogP contribution in [0.1, 0.15) is 24.4 Å². The molecule has 1 aromatic rings. The van der Waals surface area contributed by atoms with Gasteiger partial charge in [-0.15, -0.1) is 0 Å². The first-order valence-electron chi connectivity index (χ1n) is 6.19. The van der Waals surface area contributed by atoms with Crippen LogP contribution in [-0.2, 0) is 12.8 Å². The third kappa shape index (κ3) is 3.32. The van der Waals surface area contributed by atoms with Gasteiger partial charge < -0.3 is 14.6 Å². The lowest BCUT2D eigenvalue weighted by Gasteiger charge is -2.12. The van der Waals surface area contributed by atoms with Crippen molar-refractivity contribution in [3.63, 3.8) is 0 Å². The number of likely N-dealkylation sites (N-methyl/N-ethyl adjacent to an activating group) is 1. The maximum atomic E-state index is 5.46. The summed E-state index contributed by atoms with van der Waals surface area (Å²) in [6.07, 6.45) is 6.37. The lowest BCUT2D eigenvalue weighted by atomic mass is 10.3. The van der Waals surface area contributed by atoms with E-state index in [1.165, 1.54) is 25.9 Å². The Kier molecular flexibility index (Phi) is 4.36. The highest BCUT2D eigenvalue weighted by atomic mass is 16.3. The van der Waals surface area contributed by atoms with Crippen molar-refractivity contribution in [1.82, 2.24) is 15.2 Å². The number of rotatable bonds is 6. The molecule has 2 heterocycles. The molecule has 90 valence electrons. The van der Waals surface area contributed by atoms with E-state index in [-0.39, 0.29) is 0 Å². The van der Waals surface area contributed by atoms with E-state index in [1.54, 1.807) is 6.26 Å². The number of nitrogens with one attached hydrogen (secondary N) is 1. The van der Waals surface area contributed by atoms with Gasteiger partial charge in [0.05, 0.1) is 5.69 Å². The van der Waals surface area contributed by atoms with Crippen LogP contribution in [0.25, 0.3) is 0 Å². The third-order valence-electron chi connectivity index (χ3n) is 3.07. The van der Waals surface area contributed by atoms with E-state index in [0.717, 1.165) is 37.5 Å². The molecule has 0 amide bonds. The van der Waals surface area contributed by atoms with Gasteiger partial charge in [-0.1, -0.05) is 0 Å². The highest BCUT2D eigenvalue weighted by Crippen LogP contribution is 2.09. The van der Waals surface area contributed by atoms with E-state index in [4.69, 9.17) is 4.42 Å². The van der Waals surface area contributed by atoms with Crippen LogP contribution in [0.15, 0.2) is 10.7 Å². The molecular weight excluding hydrogens is 202 g/mol. The van der Waals surface area contributed by atoms with Gasteiger partial charge in [0.1, 0.15) is 6.26 Å². The van der Waals surface area contributed by atoms with Crippen molar-refractivity contribution < 1.29 is 4.42 Å². The largest absolute Gasteiger partial charge is 0.449 e. The van der Waals surface area contributed by atoms with Gasteiger partial charge in [-0.2, -0.15) is 0 Å². The third-order valence-corrected chi connectivity index (χ3v) is 3.07. The topological polar surface area (TPSA) is 41.3 Å². The van der Waals surface area contributed by atoms with Gasteiger partial charge in [0.15, 0.2) is 5.89 Å². The summed E-state index contributed by atoms with van der Waals surface area (Å²) in [6, 6.07) is 0. The SMILES string of the molecule is CNCCc1coc(CCN2CCCC2)n1. The summed E-state index contributed by atoms with van der Waals surface area (Å²) >= 11 is 0. The Bertz CT molecular complexity index is 305. The van der Waals surface area contributed by atoms with Gasteiger partial charge in [0.25, 0.3) is 0 Å². The standard InChI is InChI=1S/C12H21N3O/c1-13-6-4-11-10-16-12(14-11)5-9-15-7-2-3-8-15/h10,13H,2-9H2,1H3. The second-order valence-corrected chi connectivity index (χ2v) is 4.38. The van der Waals surface area contributed by atoms with Crippen LogP contribution in [0.4, 0.5) is 0 Å². The first-order valence-corrected chi connectivity index (χ1v) is 6.19. The summed E-state index contributed by atoms with van der Waals surface area (Å²) in [7, 11) is 1.95. The van der Waals surface area contributed by atoms with Gasteiger partial charge in [0, 0.05) is 25.9 Å². The molecule has 2 rings (SSSR count). The van der Waals surface area contributed by atoms with Crippen LogP contribution in [-0.4, -0.2) is 43.1 Å². The van der Waals surface area contributed by atoms with Crippen LogP contribution < -0.4 is 5.32 Å². The molecular formula is C12H21N3O. The highest BCUT2D eigenvalue weighted by Gasteiger charge is 2.12. The maximum absolute atomic E-state index is 5.46. The van der Waals surface area contributed by atoms with E-state index < -0.39 is 0 Å². The fraction of sp³-hybridized carbons (Fsp3) is 0.750. The Morgan fingerprint density at radius 3 is 2.94 bits per heavy atom.